The molecule has 78 heavy (non-hydrogen) atoms. The number of rotatable bonds is 17. The molecule has 2 aliphatic heterocycles. The number of nitrogens with one attached hydrogen (secondary N) is 3. The molecule has 2 aliphatic carbocycles. The number of piperidine rings is 1. The zero-order valence-electron chi connectivity index (χ0n) is 44.6. The number of hydrogen-bond acceptors (Lipinski definition) is 15. The van der Waals surface area contributed by atoms with E-state index in [2.05, 4.69) is 73.1 Å². The minimum Gasteiger partial charge on any atom is -0.494 e. The maximum atomic E-state index is 14.9. The Bertz CT molecular complexity index is 3310. The van der Waals surface area contributed by atoms with Crippen LogP contribution < -0.4 is 29.1 Å². The Morgan fingerprint density at radius 1 is 0.936 bits per heavy atom. The minimum atomic E-state index is -4.76. The van der Waals surface area contributed by atoms with Crippen molar-refractivity contribution in [1.29, 1.82) is 0 Å². The van der Waals surface area contributed by atoms with Gasteiger partial charge in [-0.1, -0.05) is 44.2 Å². The highest BCUT2D eigenvalue weighted by Gasteiger charge is 2.50. The van der Waals surface area contributed by atoms with Crippen LogP contribution in [0.1, 0.15) is 111 Å². The van der Waals surface area contributed by atoms with Gasteiger partial charge in [-0.3, -0.25) is 24.7 Å². The molecule has 1 spiro atoms. The van der Waals surface area contributed by atoms with E-state index in [-0.39, 0.29) is 68.7 Å². The molecule has 4 aliphatic rings. The van der Waals surface area contributed by atoms with Gasteiger partial charge in [0.05, 0.1) is 41.9 Å². The summed E-state index contributed by atoms with van der Waals surface area (Å²) in [5.41, 5.74) is 3.04. The van der Waals surface area contributed by atoms with Crippen molar-refractivity contribution in [3.8, 4) is 23.1 Å². The maximum absolute atomic E-state index is 14.9. The van der Waals surface area contributed by atoms with Crippen LogP contribution in [0.25, 0.3) is 11.0 Å². The van der Waals surface area contributed by atoms with Crippen LogP contribution >= 0.6 is 0 Å². The molecule has 1 amide bonds. The zero-order valence-corrected chi connectivity index (χ0v) is 45.4. The van der Waals surface area contributed by atoms with E-state index in [4.69, 9.17) is 14.2 Å². The number of aliphatic hydroxyl groups is 1. The largest absolute Gasteiger partial charge is 0.494 e. The number of amides is 1. The number of nitrogens with zero attached hydrogens (tertiary/aromatic N) is 6. The number of nitro groups is 1. The van der Waals surface area contributed by atoms with Gasteiger partial charge in [-0.2, -0.15) is 4.98 Å². The van der Waals surface area contributed by atoms with Crippen LogP contribution in [0.4, 0.5) is 26.0 Å². The van der Waals surface area contributed by atoms with Crippen LogP contribution in [0.2, 0.25) is 0 Å². The number of carbonyl (C=O) groups is 1. The van der Waals surface area contributed by atoms with Gasteiger partial charge in [0.2, 0.25) is 5.82 Å². The summed E-state index contributed by atoms with van der Waals surface area (Å²) in [5.74, 6) is -1.63. The molecule has 0 bridgehead atoms. The number of carbonyl (C=O) groups excluding carboxylic acids is 1. The summed E-state index contributed by atoms with van der Waals surface area (Å²) in [5, 5.41) is 25.7. The predicted molar refractivity (Wildman–Crippen MR) is 291 cm³/mol. The highest BCUT2D eigenvalue weighted by Crippen LogP contribution is 2.54. The van der Waals surface area contributed by atoms with E-state index in [1.807, 2.05) is 10.8 Å². The number of anilines is 2. The fourth-order valence-electron chi connectivity index (χ4n) is 12.1. The average Bonchev–Trinajstić information content (AvgIpc) is 3.94. The lowest BCUT2D eigenvalue weighted by atomic mass is 9.59. The summed E-state index contributed by atoms with van der Waals surface area (Å²) in [6, 6.07) is 21.5. The highest BCUT2D eigenvalue weighted by atomic mass is 32.2. The number of sulfonamides is 1. The molecular weight excluding hydrogens is 1020 g/mol. The Hall–Kier alpha value is -6.94. The van der Waals surface area contributed by atoms with Gasteiger partial charge in [-0.25, -0.2) is 26.9 Å². The molecule has 1 atom stereocenters. The molecule has 10 rings (SSSR count). The van der Waals surface area contributed by atoms with Crippen molar-refractivity contribution in [1.82, 2.24) is 29.5 Å². The first-order chi connectivity index (χ1) is 37.3. The fourth-order valence-corrected chi connectivity index (χ4v) is 13.0. The molecule has 21 heteroatoms. The minimum absolute atomic E-state index is 0.0281. The second-order valence-corrected chi connectivity index (χ2v) is 23.8. The molecule has 4 fully saturated rings. The normalized spacial score (nSPS) is 21.1. The van der Waals surface area contributed by atoms with Crippen LogP contribution in [-0.2, 0) is 16.6 Å². The first-order valence-electron chi connectivity index (χ1n) is 26.7. The molecule has 3 aromatic carbocycles. The van der Waals surface area contributed by atoms with Crippen molar-refractivity contribution in [2.75, 3.05) is 63.7 Å². The average molecular weight is 1090 g/mol. The first kappa shape index (κ1) is 54.4. The van der Waals surface area contributed by atoms with Crippen LogP contribution in [0.5, 0.6) is 23.1 Å². The summed E-state index contributed by atoms with van der Waals surface area (Å²) in [6.45, 7) is 11.2. The van der Waals surface area contributed by atoms with Crippen LogP contribution in [0, 0.1) is 33.1 Å². The molecule has 2 saturated heterocycles. The molecule has 414 valence electrons. The number of H-pyrrole nitrogens is 1. The molecule has 5 heterocycles. The van der Waals surface area contributed by atoms with Crippen molar-refractivity contribution in [2.24, 2.45) is 11.3 Å². The predicted octanol–water partition coefficient (Wildman–Crippen LogP) is 9.86. The number of pyridine rings is 2. The third-order valence-electron chi connectivity index (χ3n) is 16.6. The van der Waals surface area contributed by atoms with E-state index >= 15 is 0 Å². The number of piperazine rings is 1. The number of benzene rings is 3. The van der Waals surface area contributed by atoms with Gasteiger partial charge in [-0.05, 0) is 116 Å². The van der Waals surface area contributed by atoms with Crippen LogP contribution in [0.3, 0.4) is 0 Å². The van der Waals surface area contributed by atoms with Gasteiger partial charge in [0, 0.05) is 88.0 Å². The van der Waals surface area contributed by atoms with Gasteiger partial charge in [0.25, 0.3) is 21.8 Å². The van der Waals surface area contributed by atoms with Crippen LogP contribution in [0.15, 0.2) is 90.1 Å². The monoisotopic (exact) mass is 1090 g/mol. The van der Waals surface area contributed by atoms with Crippen molar-refractivity contribution in [2.45, 2.75) is 107 Å². The standard InChI is InChI=1S/C57H67F2N9O9S/c1-35(2)41-8-6-7-9-42(41)48-34-65(33-37-10-13-49(75-4)45(58)24-37)22-23-67(48)39-28-57(29-39)18-20-66(21-19-57)38-11-12-43(50(25-38)77-51-27-44-46(59)32-62-52(44)63-55(51)76-5)54(69)64-78(73,74)40-26-47(68(71)72)53(61-31-40)60-30-36-14-16-56(3,70)17-15-36/h6-13,24-27,31-32,35-36,39,48,70H,14-23,28-30,33-34H2,1-5H3,(H,60,61)(H,62,63)(H,64,69)/t36?,48-,56?/m0/s1. The van der Waals surface area contributed by atoms with Crippen molar-refractivity contribution in [3.05, 3.63) is 129 Å². The van der Waals surface area contributed by atoms with E-state index < -0.39 is 42.9 Å². The van der Waals surface area contributed by atoms with Crippen molar-refractivity contribution in [3.63, 3.8) is 0 Å². The highest BCUT2D eigenvalue weighted by molar-refractivity contribution is 7.90. The van der Waals surface area contributed by atoms with Crippen LogP contribution in [-0.4, -0.2) is 114 Å². The summed E-state index contributed by atoms with van der Waals surface area (Å²) in [7, 11) is -1.93. The molecule has 2 saturated carbocycles. The van der Waals surface area contributed by atoms with Gasteiger partial charge >= 0.3 is 5.69 Å². The molecule has 3 aromatic heterocycles. The lowest BCUT2D eigenvalue weighted by Crippen LogP contribution is -2.60. The quantitative estimate of drug-likeness (QED) is 0.0494. The Morgan fingerprint density at radius 3 is 2.40 bits per heavy atom. The third-order valence-corrected chi connectivity index (χ3v) is 17.9. The van der Waals surface area contributed by atoms with Gasteiger partial charge in [0.1, 0.15) is 22.1 Å². The summed E-state index contributed by atoms with van der Waals surface area (Å²) >= 11 is 0. The number of hydrogen-bond donors (Lipinski definition) is 4. The van der Waals surface area contributed by atoms with Gasteiger partial charge in [0.15, 0.2) is 17.3 Å². The number of ether oxygens (including phenoxy) is 3. The Labute approximate surface area is 452 Å². The zero-order chi connectivity index (χ0) is 55.1. The number of halogens is 2. The van der Waals surface area contributed by atoms with Crippen molar-refractivity contribution >= 4 is 44.2 Å². The lowest BCUT2D eigenvalue weighted by molar-refractivity contribution is -0.384. The topological polar surface area (TPSA) is 218 Å². The van der Waals surface area contributed by atoms with E-state index in [9.17, 15) is 37.2 Å². The molecule has 0 unspecified atom stereocenters. The number of aromatic amines is 1. The number of fused-ring (bicyclic) bond motifs is 1. The molecule has 18 nitrogen and oxygen atoms in total. The fraction of sp³-hybridized carbons (Fsp3) is 0.456. The summed E-state index contributed by atoms with van der Waals surface area (Å²) < 4.78 is 76.6. The van der Waals surface area contributed by atoms with E-state index in [1.165, 1.54) is 37.5 Å². The Morgan fingerprint density at radius 2 is 1.69 bits per heavy atom. The molecule has 0 radical (unpaired) electrons. The number of aromatic nitrogens is 3. The number of methoxy groups -OCH3 is 2. The summed E-state index contributed by atoms with van der Waals surface area (Å²) in [4.78, 5) is 43.6. The SMILES string of the molecule is COc1ccc(CN2CCN(C3CC4(CCN(c5ccc(C(=O)NS(=O)(=O)c6cnc(NCC7CCC(C)(O)CC7)c([N+](=O)[O-])c6)c(Oc6cc7c(F)c[nH]c7nc6OC)c5)CC4)C3)[C@H](c3ccccc3C(C)C)C2)cc1F. The molecular formula is C57H67F2N9O9S. The summed E-state index contributed by atoms with van der Waals surface area (Å²) in [6.07, 6.45) is 8.58. The Balaban J connectivity index is 0.856. The second-order valence-electron chi connectivity index (χ2n) is 22.2. The van der Waals surface area contributed by atoms with E-state index in [1.54, 1.807) is 31.2 Å². The van der Waals surface area contributed by atoms with Gasteiger partial charge in [-0.15, -0.1) is 0 Å². The maximum Gasteiger partial charge on any atom is 0.312 e. The Kier molecular flexibility index (Phi) is 15.4. The molecule has 4 N–H and O–H groups in total. The third kappa shape index (κ3) is 11.5. The van der Waals surface area contributed by atoms with Gasteiger partial charge < -0.3 is 34.5 Å². The second kappa shape index (κ2) is 22.1. The van der Waals surface area contributed by atoms with E-state index in [0.29, 0.717) is 69.5 Å². The van der Waals surface area contributed by atoms with E-state index in [0.717, 1.165) is 69.3 Å². The van der Waals surface area contributed by atoms with Crippen molar-refractivity contribution < 1.29 is 46.2 Å². The lowest BCUT2D eigenvalue weighted by Gasteiger charge is -2.58. The smallest absolute Gasteiger partial charge is 0.312 e. The molecule has 6 aromatic rings. The first-order valence-corrected chi connectivity index (χ1v) is 28.2.